The number of rotatable bonds is 6. The van der Waals surface area contributed by atoms with E-state index in [2.05, 4.69) is 0 Å². The van der Waals surface area contributed by atoms with Crippen LogP contribution >= 0.6 is 0 Å². The van der Waals surface area contributed by atoms with Crippen molar-refractivity contribution in [2.24, 2.45) is 0 Å². The third kappa shape index (κ3) is 9.84. The summed E-state index contributed by atoms with van der Waals surface area (Å²) in [5, 5.41) is -1.85. The van der Waals surface area contributed by atoms with Gasteiger partial charge < -0.3 is 4.55 Å². The van der Waals surface area contributed by atoms with Crippen LogP contribution in [-0.4, -0.2) is 18.2 Å². The van der Waals surface area contributed by atoms with Crippen LogP contribution in [0.4, 0.5) is 0 Å². The van der Waals surface area contributed by atoms with Gasteiger partial charge in [-0.1, -0.05) is 32.6 Å². The van der Waals surface area contributed by atoms with Crippen LogP contribution in [0.1, 0.15) is 47.3 Å². The van der Waals surface area contributed by atoms with Gasteiger partial charge in [0.15, 0.2) is 0 Å². The number of hydrogen-bond acceptors (Lipinski definition) is 3. The molecular weight excluding hydrogens is 215 g/mol. The summed E-state index contributed by atoms with van der Waals surface area (Å²) in [4.78, 5) is 0. The third-order valence-corrected chi connectivity index (χ3v) is 2.87. The van der Waals surface area contributed by atoms with Crippen molar-refractivity contribution in [3.05, 3.63) is 0 Å². The van der Waals surface area contributed by atoms with Crippen LogP contribution in [0.25, 0.3) is 0 Å². The largest absolute Gasteiger partial charge is 1.00 e. The van der Waals surface area contributed by atoms with Crippen LogP contribution in [-0.2, 0) is 10.1 Å². The van der Waals surface area contributed by atoms with E-state index in [1.165, 1.54) is 6.92 Å². The van der Waals surface area contributed by atoms with Crippen molar-refractivity contribution in [1.29, 1.82) is 0 Å². The molecule has 13 heavy (non-hydrogen) atoms. The molecule has 0 aromatic rings. The Morgan fingerprint density at radius 1 is 1.38 bits per heavy atom. The fourth-order valence-corrected chi connectivity index (χ4v) is 1.32. The first-order chi connectivity index (χ1) is 5.81. The van der Waals surface area contributed by atoms with Gasteiger partial charge in [0, 0.05) is 6.60 Å². The summed E-state index contributed by atoms with van der Waals surface area (Å²) in [6.07, 6.45) is 3.74. The van der Waals surface area contributed by atoms with Crippen LogP contribution in [0.15, 0.2) is 0 Å². The first-order valence-corrected chi connectivity index (χ1v) is 5.67. The fourth-order valence-electron chi connectivity index (χ4n) is 0.926. The summed E-state index contributed by atoms with van der Waals surface area (Å²) < 4.78 is 39.0. The predicted octanol–water partition coefficient (Wildman–Crippen LogP) is -1.11. The second-order valence-corrected chi connectivity index (χ2v) is 4.57. The molecule has 0 amide bonds. The Labute approximate surface area is 125 Å². The molecule has 5 heteroatoms. The summed E-state index contributed by atoms with van der Waals surface area (Å²) in [5.74, 6) is 0. The molecule has 0 radical (unpaired) electrons. The van der Waals surface area contributed by atoms with Gasteiger partial charge in [-0.3, -0.25) is 0 Å². The van der Waals surface area contributed by atoms with Gasteiger partial charge in [-0.25, -0.2) is 8.42 Å². The molecule has 0 fully saturated rings. The monoisotopic (exact) mass is 233 g/mol. The molecule has 0 aromatic carbocycles. The minimum atomic E-state index is -4.47. The number of unbranched alkanes of at least 4 members (excludes halogenated alkanes) is 3. The minimum Gasteiger partial charge on any atom is -0.748 e. The molecule has 1 atom stereocenters. The smallest absolute Gasteiger partial charge is 0.748 e. The van der Waals surface area contributed by atoms with Gasteiger partial charge in [0.25, 0.3) is 0 Å². The van der Waals surface area contributed by atoms with Crippen LogP contribution in [0, 0.1) is 0 Å². The van der Waals surface area contributed by atoms with Crippen molar-refractivity contribution in [3.63, 3.8) is 0 Å². The van der Waals surface area contributed by atoms with Crippen LogP contribution in [0.5, 0.6) is 0 Å². The Morgan fingerprint density at radius 3 is 2.31 bits per heavy atom. The van der Waals surface area contributed by atoms with Crippen molar-refractivity contribution in [1.82, 2.24) is 0 Å². The summed E-state index contributed by atoms with van der Waals surface area (Å²) in [7, 11) is -4.47. The quantitative estimate of drug-likeness (QED) is 0.332. The molecule has 0 saturated heterocycles. The molecule has 0 aliphatic carbocycles. The Balaban J connectivity index is 0. The third-order valence-electron chi connectivity index (χ3n) is 1.81. The van der Waals surface area contributed by atoms with Crippen molar-refractivity contribution in [3.8, 4) is 0 Å². The van der Waals surface area contributed by atoms with Gasteiger partial charge in [0.2, 0.25) is 0 Å². The van der Waals surface area contributed by atoms with Gasteiger partial charge in [0.1, 0.15) is 0 Å². The average molecular weight is 233 g/mol. The van der Waals surface area contributed by atoms with Crippen LogP contribution in [0.2, 0.25) is 0 Å². The standard InChI is InChI=1S/C8H18O3S.K/c1-3-4-5-6-7-8(2)12(9,10)11;/h8H,3-7H2,1-2H3,(H,9,10,11);/q;+1/p-1/i8D;. The van der Waals surface area contributed by atoms with E-state index < -0.39 is 15.3 Å². The topological polar surface area (TPSA) is 57.2 Å². The molecule has 0 aliphatic rings. The maximum absolute atomic E-state index is 10.6. The summed E-state index contributed by atoms with van der Waals surface area (Å²) in [6, 6.07) is 0. The molecule has 0 aromatic heterocycles. The fraction of sp³-hybridized carbons (Fsp3) is 1.00. The van der Waals surface area contributed by atoms with Crippen LogP contribution in [0.3, 0.4) is 0 Å². The van der Waals surface area contributed by atoms with E-state index in [1.807, 2.05) is 6.92 Å². The van der Waals surface area contributed by atoms with Crippen molar-refractivity contribution in [2.75, 3.05) is 0 Å². The molecule has 1 unspecified atom stereocenters. The van der Waals surface area contributed by atoms with Gasteiger partial charge in [-0.05, 0) is 13.3 Å². The zero-order valence-electron chi connectivity index (χ0n) is 9.67. The van der Waals surface area contributed by atoms with Crippen molar-refractivity contribution >= 4 is 10.1 Å². The number of hydrogen-bond donors (Lipinski definition) is 0. The molecule has 0 heterocycles. The average Bonchev–Trinajstić information content (AvgIpc) is 1.96. The second kappa shape index (κ2) is 8.82. The van der Waals surface area contributed by atoms with Crippen molar-refractivity contribution < 1.29 is 65.7 Å². The first kappa shape index (κ1) is 14.5. The first-order valence-electron chi connectivity index (χ1n) is 4.76. The molecule has 0 rings (SSSR count). The Kier molecular flexibility index (Phi) is 9.87. The van der Waals surface area contributed by atoms with E-state index in [4.69, 9.17) is 1.37 Å². The van der Waals surface area contributed by atoms with E-state index in [1.54, 1.807) is 0 Å². The van der Waals surface area contributed by atoms with Gasteiger partial charge >= 0.3 is 51.4 Å². The van der Waals surface area contributed by atoms with Gasteiger partial charge in [-0.2, -0.15) is 0 Å². The summed E-state index contributed by atoms with van der Waals surface area (Å²) in [6.45, 7) is 3.21. The molecule has 0 spiro atoms. The molecular formula is C8H17KO3S. The molecule has 0 N–H and O–H groups in total. The van der Waals surface area contributed by atoms with E-state index in [9.17, 15) is 13.0 Å². The van der Waals surface area contributed by atoms with Crippen LogP contribution < -0.4 is 51.4 Å². The van der Waals surface area contributed by atoms with Crippen molar-refractivity contribution in [2.45, 2.75) is 51.2 Å². The molecule has 0 saturated carbocycles. The molecule has 0 bridgehead atoms. The second-order valence-electron chi connectivity index (χ2n) is 2.97. The summed E-state index contributed by atoms with van der Waals surface area (Å²) in [5.41, 5.74) is 0. The Hall–Kier alpha value is 1.55. The SMILES string of the molecule is [2H]C(C)(CCCCCC)S(=O)(=O)[O-].[K+]. The zero-order valence-corrected chi connectivity index (χ0v) is 12.6. The molecule has 3 nitrogen and oxygen atoms in total. The maximum Gasteiger partial charge on any atom is 1.00 e. The Bertz CT molecular complexity index is 239. The normalized spacial score (nSPS) is 17.0. The van der Waals surface area contributed by atoms with E-state index >= 15 is 0 Å². The molecule has 0 aliphatic heterocycles. The minimum absolute atomic E-state index is 0. The van der Waals surface area contributed by atoms with E-state index in [0.29, 0.717) is 6.42 Å². The van der Waals surface area contributed by atoms with E-state index in [-0.39, 0.29) is 57.8 Å². The zero-order chi connectivity index (χ0) is 10.5. The van der Waals surface area contributed by atoms with Gasteiger partial charge in [-0.15, -0.1) is 0 Å². The summed E-state index contributed by atoms with van der Waals surface area (Å²) >= 11 is 0. The van der Waals surface area contributed by atoms with E-state index in [0.717, 1.165) is 19.3 Å². The van der Waals surface area contributed by atoms with Gasteiger partial charge in [0.05, 0.1) is 10.1 Å². The predicted molar refractivity (Wildman–Crippen MR) is 47.9 cm³/mol. The maximum atomic E-state index is 10.6. The molecule has 74 valence electrons. The Morgan fingerprint density at radius 2 is 1.92 bits per heavy atom.